The van der Waals surface area contributed by atoms with Crippen molar-refractivity contribution in [2.24, 2.45) is 5.92 Å². The molecule has 0 spiro atoms. The van der Waals surface area contributed by atoms with E-state index in [-0.39, 0.29) is 11.7 Å². The lowest BCUT2D eigenvalue weighted by Gasteiger charge is -2.19. The van der Waals surface area contributed by atoms with Crippen LogP contribution in [0.1, 0.15) is 46.3 Å². The Balaban J connectivity index is 2.71. The predicted octanol–water partition coefficient (Wildman–Crippen LogP) is 2.39. The third-order valence-corrected chi connectivity index (χ3v) is 5.88. The zero-order chi connectivity index (χ0) is 14.8. The molecule has 0 radical (unpaired) electrons. The fourth-order valence-corrected chi connectivity index (χ4v) is 2.75. The van der Waals surface area contributed by atoms with Gasteiger partial charge < -0.3 is 9.67 Å². The van der Waals surface area contributed by atoms with Gasteiger partial charge in [-0.15, -0.1) is 0 Å². The van der Waals surface area contributed by atoms with E-state index in [1.807, 2.05) is 36.9 Å². The van der Waals surface area contributed by atoms with Gasteiger partial charge in [0, 0.05) is 18.9 Å². The summed E-state index contributed by atoms with van der Waals surface area (Å²) in [5.74, 6) is 0.261. The number of aliphatic hydroxyl groups is 1. The summed E-state index contributed by atoms with van der Waals surface area (Å²) in [5, 5.41) is 9.94. The number of hydrogen-bond acceptors (Lipinski definition) is 3. The van der Waals surface area contributed by atoms with Crippen LogP contribution >= 0.6 is 0 Å². The van der Waals surface area contributed by atoms with Crippen LogP contribution in [0.5, 0.6) is 0 Å². The van der Waals surface area contributed by atoms with E-state index >= 15 is 0 Å². The van der Waals surface area contributed by atoms with Crippen LogP contribution in [0.25, 0.3) is 0 Å². The lowest BCUT2D eigenvalue weighted by atomic mass is 10.0. The van der Waals surface area contributed by atoms with Gasteiger partial charge in [-0.25, -0.2) is 8.42 Å². The molecule has 1 rings (SSSR count). The van der Waals surface area contributed by atoms with Crippen molar-refractivity contribution in [1.82, 2.24) is 4.57 Å². The Morgan fingerprint density at radius 2 is 1.89 bits per heavy atom. The highest BCUT2D eigenvalue weighted by Crippen LogP contribution is 2.22. The average Bonchev–Trinajstić information content (AvgIpc) is 2.72. The summed E-state index contributed by atoms with van der Waals surface area (Å²) in [5.41, 5.74) is 0.836. The Hall–Kier alpha value is -0.810. The quantitative estimate of drug-likeness (QED) is 0.904. The van der Waals surface area contributed by atoms with Crippen molar-refractivity contribution < 1.29 is 13.5 Å². The van der Waals surface area contributed by atoms with Gasteiger partial charge in [0.15, 0.2) is 9.84 Å². The highest BCUT2D eigenvalue weighted by molar-refractivity contribution is 7.92. The van der Waals surface area contributed by atoms with Gasteiger partial charge in [-0.05, 0) is 38.3 Å². The fraction of sp³-hybridized carbons (Fsp3) is 0.714. The summed E-state index contributed by atoms with van der Waals surface area (Å²) >= 11 is 0. The molecule has 1 heterocycles. The van der Waals surface area contributed by atoms with Crippen molar-refractivity contribution in [3.05, 3.63) is 24.0 Å². The van der Waals surface area contributed by atoms with Crippen LogP contribution in [0.3, 0.4) is 0 Å². The van der Waals surface area contributed by atoms with Crippen molar-refractivity contribution in [1.29, 1.82) is 0 Å². The van der Waals surface area contributed by atoms with Crippen LogP contribution < -0.4 is 0 Å². The molecule has 0 aliphatic heterocycles. The molecule has 1 aromatic rings. The van der Waals surface area contributed by atoms with Crippen molar-refractivity contribution in [3.63, 3.8) is 0 Å². The zero-order valence-electron chi connectivity index (χ0n) is 12.4. The Morgan fingerprint density at radius 3 is 2.37 bits per heavy atom. The number of aliphatic hydroxyl groups excluding tert-OH is 1. The fourth-order valence-electron chi connectivity index (χ4n) is 1.69. The molecule has 110 valence electrons. The topological polar surface area (TPSA) is 59.3 Å². The van der Waals surface area contributed by atoms with E-state index in [0.29, 0.717) is 6.54 Å². The van der Waals surface area contributed by atoms with Crippen LogP contribution in [0.4, 0.5) is 0 Å². The number of nitrogens with zero attached hydrogens (tertiary/aromatic N) is 1. The molecule has 5 heteroatoms. The maximum Gasteiger partial charge on any atom is 0.156 e. The zero-order valence-corrected chi connectivity index (χ0v) is 13.2. The van der Waals surface area contributed by atoms with Crippen LogP contribution in [-0.4, -0.2) is 28.6 Å². The van der Waals surface area contributed by atoms with Gasteiger partial charge in [0.2, 0.25) is 0 Å². The highest BCUT2D eigenvalue weighted by Gasteiger charge is 2.28. The Bertz CT molecular complexity index is 509. The minimum absolute atomic E-state index is 0.113. The SMILES string of the molecule is CC(C)C(O)c1ccn(CCS(=O)(=O)C(C)(C)C)c1. The summed E-state index contributed by atoms with van der Waals surface area (Å²) in [6.45, 7) is 9.46. The molecule has 0 aliphatic rings. The first-order valence-electron chi connectivity index (χ1n) is 6.60. The molecule has 0 saturated carbocycles. The summed E-state index contributed by atoms with van der Waals surface area (Å²) in [6.07, 6.45) is 3.14. The van der Waals surface area contributed by atoms with E-state index < -0.39 is 20.7 Å². The minimum atomic E-state index is -3.11. The molecule has 1 N–H and O–H groups in total. The smallest absolute Gasteiger partial charge is 0.156 e. The van der Waals surface area contributed by atoms with Crippen LogP contribution in [-0.2, 0) is 16.4 Å². The summed E-state index contributed by atoms with van der Waals surface area (Å²) in [6, 6.07) is 1.84. The predicted molar refractivity (Wildman–Crippen MR) is 77.8 cm³/mol. The normalized spacial score (nSPS) is 14.9. The van der Waals surface area contributed by atoms with Crippen molar-refractivity contribution in [2.75, 3.05) is 5.75 Å². The molecule has 0 aliphatic carbocycles. The maximum absolute atomic E-state index is 12.0. The van der Waals surface area contributed by atoms with Crippen LogP contribution in [0.2, 0.25) is 0 Å². The molecular weight excluding hydrogens is 262 g/mol. The number of rotatable bonds is 5. The van der Waals surface area contributed by atoms with Gasteiger partial charge >= 0.3 is 0 Å². The molecule has 0 saturated heterocycles. The largest absolute Gasteiger partial charge is 0.388 e. The van der Waals surface area contributed by atoms with E-state index in [4.69, 9.17) is 0 Å². The molecule has 1 atom stereocenters. The molecule has 1 unspecified atom stereocenters. The molecule has 0 fully saturated rings. The van der Waals surface area contributed by atoms with Gasteiger partial charge in [-0.3, -0.25) is 0 Å². The third-order valence-electron chi connectivity index (χ3n) is 3.30. The lowest BCUT2D eigenvalue weighted by molar-refractivity contribution is 0.127. The molecule has 0 aromatic carbocycles. The van der Waals surface area contributed by atoms with E-state index in [1.54, 1.807) is 20.8 Å². The van der Waals surface area contributed by atoms with E-state index in [1.165, 1.54) is 0 Å². The Labute approximate surface area is 116 Å². The first kappa shape index (κ1) is 16.2. The second-order valence-electron chi connectivity index (χ2n) is 6.30. The summed E-state index contributed by atoms with van der Waals surface area (Å²) < 4.78 is 25.1. The average molecular weight is 287 g/mol. The second kappa shape index (κ2) is 5.67. The van der Waals surface area contributed by atoms with Crippen molar-refractivity contribution in [3.8, 4) is 0 Å². The minimum Gasteiger partial charge on any atom is -0.388 e. The molecule has 0 amide bonds. The van der Waals surface area contributed by atoms with Gasteiger partial charge in [0.25, 0.3) is 0 Å². The highest BCUT2D eigenvalue weighted by atomic mass is 32.2. The molecule has 0 bridgehead atoms. The second-order valence-corrected chi connectivity index (χ2v) is 9.17. The number of hydrogen-bond donors (Lipinski definition) is 1. The van der Waals surface area contributed by atoms with Crippen molar-refractivity contribution >= 4 is 9.84 Å². The maximum atomic E-state index is 12.0. The first-order chi connectivity index (χ1) is 8.54. The lowest BCUT2D eigenvalue weighted by Crippen LogP contribution is -2.31. The van der Waals surface area contributed by atoms with Gasteiger partial charge in [0.05, 0.1) is 16.6 Å². The monoisotopic (exact) mass is 287 g/mol. The third kappa shape index (κ3) is 4.08. The molecule has 4 nitrogen and oxygen atoms in total. The van der Waals surface area contributed by atoms with Gasteiger partial charge in [0.1, 0.15) is 0 Å². The van der Waals surface area contributed by atoms with Crippen molar-refractivity contribution in [2.45, 2.75) is 52.0 Å². The van der Waals surface area contributed by atoms with Gasteiger partial charge in [-0.1, -0.05) is 13.8 Å². The number of aryl methyl sites for hydroxylation is 1. The Kier molecular flexibility index (Phi) is 4.85. The van der Waals surface area contributed by atoms with Crippen LogP contribution in [0, 0.1) is 5.92 Å². The van der Waals surface area contributed by atoms with E-state index in [2.05, 4.69) is 0 Å². The molecule has 1 aromatic heterocycles. The van der Waals surface area contributed by atoms with E-state index in [0.717, 1.165) is 5.56 Å². The molecule has 19 heavy (non-hydrogen) atoms. The number of sulfone groups is 1. The van der Waals surface area contributed by atoms with E-state index in [9.17, 15) is 13.5 Å². The summed E-state index contributed by atoms with van der Waals surface area (Å²) in [7, 11) is -3.11. The standard InChI is InChI=1S/C14H25NO3S/c1-11(2)13(16)12-6-7-15(10-12)8-9-19(17,18)14(3,4)5/h6-7,10-11,13,16H,8-9H2,1-5H3. The number of aromatic nitrogens is 1. The first-order valence-corrected chi connectivity index (χ1v) is 8.26. The van der Waals surface area contributed by atoms with Crippen LogP contribution in [0.15, 0.2) is 18.5 Å². The van der Waals surface area contributed by atoms with Gasteiger partial charge in [-0.2, -0.15) is 0 Å². The Morgan fingerprint density at radius 1 is 1.32 bits per heavy atom. The summed E-state index contributed by atoms with van der Waals surface area (Å²) in [4.78, 5) is 0. The molecular formula is C14H25NO3S.